The van der Waals surface area contributed by atoms with Gasteiger partial charge in [0.2, 0.25) is 5.91 Å². The quantitative estimate of drug-likeness (QED) is 0.727. The van der Waals surface area contributed by atoms with Gasteiger partial charge in [-0.3, -0.25) is 4.79 Å². The lowest BCUT2D eigenvalue weighted by Crippen LogP contribution is -2.52. The smallest absolute Gasteiger partial charge is 0.235 e. The van der Waals surface area contributed by atoms with E-state index in [2.05, 4.69) is 57.6 Å². The van der Waals surface area contributed by atoms with Crippen molar-refractivity contribution in [2.75, 3.05) is 28.2 Å². The zero-order valence-corrected chi connectivity index (χ0v) is 17.5. The van der Waals surface area contributed by atoms with E-state index >= 15 is 0 Å². The summed E-state index contributed by atoms with van der Waals surface area (Å²) in [5.41, 5.74) is 1.38. The minimum Gasteiger partial charge on any atom is -0.358 e. The maximum Gasteiger partial charge on any atom is 0.235 e. The maximum absolute atomic E-state index is 13.2. The Morgan fingerprint density at radius 2 is 1.36 bits per heavy atom. The highest BCUT2D eigenvalue weighted by molar-refractivity contribution is 8.93. The third-order valence-corrected chi connectivity index (χ3v) is 5.07. The summed E-state index contributed by atoms with van der Waals surface area (Å²) < 4.78 is 0.804. The van der Waals surface area contributed by atoms with E-state index in [0.29, 0.717) is 6.04 Å². The first-order chi connectivity index (χ1) is 11.3. The van der Waals surface area contributed by atoms with Gasteiger partial charge in [0.05, 0.1) is 27.2 Å². The number of amides is 1. The van der Waals surface area contributed by atoms with Crippen molar-refractivity contribution in [2.45, 2.75) is 24.8 Å². The number of hydrogen-bond donors (Lipinski definition) is 1. The van der Waals surface area contributed by atoms with Crippen LogP contribution < -0.4 is 5.32 Å². The molecule has 25 heavy (non-hydrogen) atoms. The molecule has 0 radical (unpaired) electrons. The molecule has 0 aliphatic heterocycles. The molecular formula is C21H30BrN2O+. The third-order valence-electron chi connectivity index (χ3n) is 5.07. The summed E-state index contributed by atoms with van der Waals surface area (Å²) >= 11 is 0. The van der Waals surface area contributed by atoms with Crippen LogP contribution in [-0.2, 0) is 10.2 Å². The van der Waals surface area contributed by atoms with Gasteiger partial charge in [-0.05, 0) is 18.1 Å². The summed E-state index contributed by atoms with van der Waals surface area (Å²) in [7, 11) is 8.25. The lowest BCUT2D eigenvalue weighted by molar-refractivity contribution is -0.894. The number of benzene rings is 2. The summed E-state index contributed by atoms with van der Waals surface area (Å²) in [5, 5.41) is 2.91. The van der Waals surface area contributed by atoms with E-state index in [4.69, 9.17) is 0 Å². The summed E-state index contributed by atoms with van der Waals surface area (Å²) in [6.07, 6.45) is 0.740. The van der Waals surface area contributed by atoms with Gasteiger partial charge in [-0.2, -0.15) is 0 Å². The number of hydrogen-bond acceptors (Lipinski definition) is 1. The fourth-order valence-electron chi connectivity index (χ4n) is 3.13. The summed E-state index contributed by atoms with van der Waals surface area (Å²) in [6, 6.07) is 20.6. The largest absolute Gasteiger partial charge is 0.358 e. The van der Waals surface area contributed by atoms with Crippen LogP contribution in [0.1, 0.15) is 24.5 Å². The summed E-state index contributed by atoms with van der Waals surface area (Å²) in [6.45, 7) is 2.21. The van der Waals surface area contributed by atoms with Crippen molar-refractivity contribution in [1.82, 2.24) is 5.32 Å². The molecule has 2 aromatic carbocycles. The Balaban J connectivity index is 0.00000312. The Bertz CT molecular complexity index is 626. The van der Waals surface area contributed by atoms with Crippen LogP contribution in [0.4, 0.5) is 0 Å². The number of nitrogens with zero attached hydrogens (tertiary/aromatic N) is 1. The average Bonchev–Trinajstić information content (AvgIpc) is 2.59. The molecule has 1 atom stereocenters. The van der Waals surface area contributed by atoms with Crippen LogP contribution in [0.5, 0.6) is 0 Å². The molecule has 1 amide bonds. The Hall–Kier alpha value is -1.65. The van der Waals surface area contributed by atoms with Gasteiger partial charge in [0.15, 0.2) is 0 Å². The average molecular weight is 406 g/mol. The minimum atomic E-state index is -0.692. The van der Waals surface area contributed by atoms with Crippen LogP contribution >= 0.6 is 17.0 Å². The summed E-state index contributed by atoms with van der Waals surface area (Å²) in [4.78, 5) is 13.2. The molecule has 136 valence electrons. The molecule has 0 saturated heterocycles. The number of carbonyl (C=O) groups excluding carboxylic acids is 1. The standard InChI is InChI=1S/C21H28N2O.BrH/c1-17(23(3,4)5)16-21(20(24)22-2,18-12-8-6-9-13-18)19-14-10-7-11-15-19;/h6-15,17H,16H2,1-5H3;1H/p+1/t17-;/m1./s1. The molecule has 0 fully saturated rings. The van der Waals surface area contributed by atoms with Crippen molar-refractivity contribution >= 4 is 22.9 Å². The van der Waals surface area contributed by atoms with Crippen molar-refractivity contribution in [3.8, 4) is 0 Å². The minimum absolute atomic E-state index is 0. The van der Waals surface area contributed by atoms with Gasteiger partial charge >= 0.3 is 0 Å². The molecule has 4 heteroatoms. The first-order valence-corrected chi connectivity index (χ1v) is 8.46. The first kappa shape index (κ1) is 21.4. The van der Waals surface area contributed by atoms with E-state index in [0.717, 1.165) is 22.0 Å². The number of rotatable bonds is 6. The predicted molar refractivity (Wildman–Crippen MR) is 110 cm³/mol. The SMILES string of the molecule is Br.CNC(=O)C(C[C@@H](C)[N+](C)(C)C)(c1ccccc1)c1ccccc1. The van der Waals surface area contributed by atoms with Crippen LogP contribution in [-0.4, -0.2) is 44.6 Å². The van der Waals surface area contributed by atoms with E-state index in [9.17, 15) is 4.79 Å². The fraction of sp³-hybridized carbons (Fsp3) is 0.381. The highest BCUT2D eigenvalue weighted by atomic mass is 79.9. The second-order valence-electron chi connectivity index (χ2n) is 7.39. The summed E-state index contributed by atoms with van der Waals surface area (Å²) in [5.74, 6) is 0.0419. The molecule has 3 nitrogen and oxygen atoms in total. The van der Waals surface area contributed by atoms with Crippen LogP contribution in [0.2, 0.25) is 0 Å². The molecular weight excluding hydrogens is 376 g/mol. The third kappa shape index (κ3) is 4.50. The molecule has 2 rings (SSSR count). The fourth-order valence-corrected chi connectivity index (χ4v) is 3.13. The van der Waals surface area contributed by atoms with Gasteiger partial charge in [0.1, 0.15) is 5.41 Å². The van der Waals surface area contributed by atoms with E-state index in [1.54, 1.807) is 7.05 Å². The normalized spacial score (nSPS) is 12.8. The van der Waals surface area contributed by atoms with Crippen LogP contribution in [0.15, 0.2) is 60.7 Å². The van der Waals surface area contributed by atoms with Gasteiger partial charge in [-0.1, -0.05) is 60.7 Å². The van der Waals surface area contributed by atoms with Gasteiger partial charge in [0, 0.05) is 13.5 Å². The number of nitrogens with one attached hydrogen (secondary N) is 1. The van der Waals surface area contributed by atoms with Crippen molar-refractivity contribution in [3.05, 3.63) is 71.8 Å². The number of quaternary nitrogens is 1. The molecule has 0 heterocycles. The topological polar surface area (TPSA) is 29.1 Å². The Labute approximate surface area is 162 Å². The molecule has 0 unspecified atom stereocenters. The molecule has 0 aliphatic carbocycles. The van der Waals surface area contributed by atoms with Crippen molar-refractivity contribution in [1.29, 1.82) is 0 Å². The molecule has 2 aromatic rings. The van der Waals surface area contributed by atoms with Gasteiger partial charge in [0.25, 0.3) is 0 Å². The monoisotopic (exact) mass is 405 g/mol. The molecule has 0 aliphatic rings. The van der Waals surface area contributed by atoms with E-state index in [-0.39, 0.29) is 22.9 Å². The van der Waals surface area contributed by atoms with E-state index in [1.807, 2.05) is 36.4 Å². The van der Waals surface area contributed by atoms with Crippen LogP contribution in [0, 0.1) is 0 Å². The van der Waals surface area contributed by atoms with Crippen LogP contribution in [0.25, 0.3) is 0 Å². The predicted octanol–water partition coefficient (Wildman–Crippen LogP) is 3.78. The number of halogens is 1. The van der Waals surface area contributed by atoms with E-state index < -0.39 is 5.41 Å². The van der Waals surface area contributed by atoms with Crippen molar-refractivity contribution < 1.29 is 9.28 Å². The lowest BCUT2D eigenvalue weighted by Gasteiger charge is -2.40. The Kier molecular flexibility index (Phi) is 7.39. The van der Waals surface area contributed by atoms with Crippen LogP contribution in [0.3, 0.4) is 0 Å². The van der Waals surface area contributed by atoms with Gasteiger partial charge < -0.3 is 9.80 Å². The zero-order valence-electron chi connectivity index (χ0n) is 15.8. The Morgan fingerprint density at radius 3 is 1.68 bits per heavy atom. The molecule has 0 spiro atoms. The van der Waals surface area contributed by atoms with Gasteiger partial charge in [-0.15, -0.1) is 17.0 Å². The first-order valence-electron chi connectivity index (χ1n) is 8.46. The highest BCUT2D eigenvalue weighted by Gasteiger charge is 2.44. The molecule has 0 saturated carbocycles. The second-order valence-corrected chi connectivity index (χ2v) is 7.39. The zero-order chi connectivity index (χ0) is 17.8. The van der Waals surface area contributed by atoms with Crippen molar-refractivity contribution in [3.63, 3.8) is 0 Å². The number of carbonyl (C=O) groups is 1. The highest BCUT2D eigenvalue weighted by Crippen LogP contribution is 2.38. The lowest BCUT2D eigenvalue weighted by atomic mass is 9.69. The number of likely N-dealkylation sites (N-methyl/N-ethyl adjacent to an activating group) is 1. The van der Waals surface area contributed by atoms with Gasteiger partial charge in [-0.25, -0.2) is 0 Å². The van der Waals surface area contributed by atoms with E-state index in [1.165, 1.54) is 0 Å². The molecule has 0 aromatic heterocycles. The molecule has 0 bridgehead atoms. The maximum atomic E-state index is 13.2. The molecule has 1 N–H and O–H groups in total. The second kappa shape index (κ2) is 8.63. The van der Waals surface area contributed by atoms with Crippen molar-refractivity contribution in [2.24, 2.45) is 0 Å². The Morgan fingerprint density at radius 1 is 0.960 bits per heavy atom.